The van der Waals surface area contributed by atoms with Crippen LogP contribution in [0.2, 0.25) is 10.0 Å². The zero-order chi connectivity index (χ0) is 19.1. The van der Waals surface area contributed by atoms with Crippen molar-refractivity contribution in [3.05, 3.63) is 33.8 Å². The quantitative estimate of drug-likeness (QED) is 0.391. The van der Waals surface area contributed by atoms with Crippen LogP contribution in [0.15, 0.2) is 18.2 Å². The van der Waals surface area contributed by atoms with Crippen LogP contribution in [0.4, 0.5) is 0 Å². The molecule has 0 saturated heterocycles. The fourth-order valence-corrected chi connectivity index (χ4v) is 5.73. The third-order valence-electron chi connectivity index (χ3n) is 7.10. The topological polar surface area (TPSA) is 9.23 Å². The molecule has 3 rings (SSSR count). The van der Waals surface area contributed by atoms with Gasteiger partial charge >= 0.3 is 0 Å². The normalized spacial score (nSPS) is 29.0. The molecule has 152 valence electrons. The molecule has 0 atom stereocenters. The monoisotopic (exact) mass is 410 g/mol. The summed E-state index contributed by atoms with van der Waals surface area (Å²) in [6.45, 7) is 3.89. The van der Waals surface area contributed by atoms with Gasteiger partial charge in [-0.05, 0) is 93.2 Å². The average Bonchev–Trinajstić information content (AvgIpc) is 2.71. The van der Waals surface area contributed by atoms with Gasteiger partial charge < -0.3 is 4.74 Å². The first-order valence-corrected chi connectivity index (χ1v) is 12.0. The van der Waals surface area contributed by atoms with E-state index in [-0.39, 0.29) is 0 Å². The molecule has 0 bridgehead atoms. The molecule has 0 aliphatic heterocycles. The fourth-order valence-electron chi connectivity index (χ4n) is 5.42. The largest absolute Gasteiger partial charge is 0.382 e. The van der Waals surface area contributed by atoms with Crippen LogP contribution in [0.3, 0.4) is 0 Å². The molecule has 2 aliphatic carbocycles. The van der Waals surface area contributed by atoms with Gasteiger partial charge in [-0.25, -0.2) is 0 Å². The van der Waals surface area contributed by atoms with Crippen molar-refractivity contribution in [3.8, 4) is 0 Å². The third kappa shape index (κ3) is 6.38. The summed E-state index contributed by atoms with van der Waals surface area (Å²) in [6.07, 6.45) is 15.3. The molecule has 0 unspecified atom stereocenters. The van der Waals surface area contributed by atoms with Gasteiger partial charge in [-0.3, -0.25) is 0 Å². The smallest absolute Gasteiger partial charge is 0.0595 e. The number of rotatable bonds is 8. The minimum atomic E-state index is 0.670. The first-order valence-electron chi connectivity index (χ1n) is 11.2. The second kappa shape index (κ2) is 11.1. The summed E-state index contributed by atoms with van der Waals surface area (Å²) < 4.78 is 5.46. The van der Waals surface area contributed by atoms with Gasteiger partial charge in [0.05, 0.1) is 10.0 Å². The summed E-state index contributed by atoms with van der Waals surface area (Å²) in [7, 11) is 0. The van der Waals surface area contributed by atoms with E-state index in [1.54, 1.807) is 0 Å². The first kappa shape index (κ1) is 21.5. The van der Waals surface area contributed by atoms with Crippen molar-refractivity contribution >= 4 is 23.2 Å². The lowest BCUT2D eigenvalue weighted by atomic mass is 9.68. The van der Waals surface area contributed by atoms with Crippen LogP contribution in [-0.4, -0.2) is 13.2 Å². The number of ether oxygens (including phenoxy) is 1. The molecule has 27 heavy (non-hydrogen) atoms. The minimum absolute atomic E-state index is 0.670. The lowest BCUT2D eigenvalue weighted by Crippen LogP contribution is -2.25. The summed E-state index contributed by atoms with van der Waals surface area (Å²) in [4.78, 5) is 0. The Morgan fingerprint density at radius 2 is 1.52 bits per heavy atom. The standard InChI is InChI=1S/C24H36Cl2O/c1-2-27-16-4-3-5-18-6-8-19(9-7-18)20-10-12-21(13-11-20)22-14-15-23(25)24(26)17-22/h14-15,17-21H,2-13,16H2,1H3. The molecule has 0 radical (unpaired) electrons. The van der Waals surface area contributed by atoms with Crippen LogP contribution < -0.4 is 0 Å². The van der Waals surface area contributed by atoms with Crippen LogP contribution >= 0.6 is 23.2 Å². The molecule has 0 amide bonds. The van der Waals surface area contributed by atoms with E-state index >= 15 is 0 Å². The molecule has 0 aromatic heterocycles. The van der Waals surface area contributed by atoms with Gasteiger partial charge in [-0.15, -0.1) is 0 Å². The lowest BCUT2D eigenvalue weighted by Gasteiger charge is -2.38. The highest BCUT2D eigenvalue weighted by Gasteiger charge is 2.31. The van der Waals surface area contributed by atoms with E-state index in [9.17, 15) is 0 Å². The predicted molar refractivity (Wildman–Crippen MR) is 117 cm³/mol. The van der Waals surface area contributed by atoms with Gasteiger partial charge in [0.2, 0.25) is 0 Å². The van der Waals surface area contributed by atoms with Crippen molar-refractivity contribution in [2.45, 2.75) is 83.5 Å². The number of hydrogen-bond acceptors (Lipinski definition) is 1. The summed E-state index contributed by atoms with van der Waals surface area (Å²) in [5, 5.41) is 1.37. The Balaban J connectivity index is 1.36. The molecule has 0 N–H and O–H groups in total. The van der Waals surface area contributed by atoms with E-state index in [1.807, 2.05) is 6.07 Å². The molecule has 2 aliphatic rings. The molecule has 0 heterocycles. The Hall–Kier alpha value is -0.240. The molecule has 2 saturated carbocycles. The average molecular weight is 411 g/mol. The maximum Gasteiger partial charge on any atom is 0.0595 e. The minimum Gasteiger partial charge on any atom is -0.382 e. The van der Waals surface area contributed by atoms with Crippen molar-refractivity contribution < 1.29 is 4.74 Å². The zero-order valence-electron chi connectivity index (χ0n) is 16.9. The third-order valence-corrected chi connectivity index (χ3v) is 7.84. The Morgan fingerprint density at radius 1 is 0.852 bits per heavy atom. The molecule has 1 aromatic carbocycles. The van der Waals surface area contributed by atoms with E-state index in [4.69, 9.17) is 27.9 Å². The lowest BCUT2D eigenvalue weighted by molar-refractivity contribution is 0.135. The number of unbranched alkanes of at least 4 members (excludes halogenated alkanes) is 1. The Bertz CT molecular complexity index is 557. The van der Waals surface area contributed by atoms with Crippen LogP contribution in [0.5, 0.6) is 0 Å². The zero-order valence-corrected chi connectivity index (χ0v) is 18.4. The molecular weight excluding hydrogens is 375 g/mol. The Kier molecular flexibility index (Phi) is 8.81. The van der Waals surface area contributed by atoms with Gasteiger partial charge in [-0.2, -0.15) is 0 Å². The summed E-state index contributed by atoms with van der Waals surface area (Å²) in [6, 6.07) is 6.22. The van der Waals surface area contributed by atoms with E-state index in [2.05, 4.69) is 19.1 Å². The molecule has 0 spiro atoms. The first-order chi connectivity index (χ1) is 13.2. The van der Waals surface area contributed by atoms with Gasteiger partial charge in [0.15, 0.2) is 0 Å². The second-order valence-corrected chi connectivity index (χ2v) is 9.57. The SMILES string of the molecule is CCOCCCCC1CCC(C2CCC(c3ccc(Cl)c(Cl)c3)CC2)CC1. The van der Waals surface area contributed by atoms with E-state index in [1.165, 1.54) is 76.2 Å². The maximum atomic E-state index is 6.22. The number of halogens is 2. The van der Waals surface area contributed by atoms with Gasteiger partial charge in [0.1, 0.15) is 0 Å². The molecule has 3 heteroatoms. The van der Waals surface area contributed by atoms with Crippen LogP contribution in [0, 0.1) is 17.8 Å². The van der Waals surface area contributed by atoms with E-state index in [0.29, 0.717) is 16.0 Å². The number of benzene rings is 1. The van der Waals surface area contributed by atoms with Crippen LogP contribution in [0.1, 0.15) is 89.0 Å². The van der Waals surface area contributed by atoms with Gasteiger partial charge in [0.25, 0.3) is 0 Å². The molecule has 1 aromatic rings. The maximum absolute atomic E-state index is 6.22. The fraction of sp³-hybridized carbons (Fsp3) is 0.750. The highest BCUT2D eigenvalue weighted by molar-refractivity contribution is 6.42. The molecular formula is C24H36Cl2O. The summed E-state index contributed by atoms with van der Waals surface area (Å²) in [5.74, 6) is 3.61. The van der Waals surface area contributed by atoms with Crippen molar-refractivity contribution in [3.63, 3.8) is 0 Å². The highest BCUT2D eigenvalue weighted by atomic mass is 35.5. The Morgan fingerprint density at radius 3 is 2.15 bits per heavy atom. The molecule has 2 fully saturated rings. The van der Waals surface area contributed by atoms with Crippen LogP contribution in [-0.2, 0) is 4.74 Å². The summed E-state index contributed by atoms with van der Waals surface area (Å²) >= 11 is 12.3. The second-order valence-electron chi connectivity index (χ2n) is 8.76. The van der Waals surface area contributed by atoms with E-state index in [0.717, 1.165) is 31.0 Å². The van der Waals surface area contributed by atoms with E-state index < -0.39 is 0 Å². The number of hydrogen-bond donors (Lipinski definition) is 0. The molecule has 1 nitrogen and oxygen atoms in total. The van der Waals surface area contributed by atoms with Crippen molar-refractivity contribution in [2.24, 2.45) is 17.8 Å². The van der Waals surface area contributed by atoms with Gasteiger partial charge in [0, 0.05) is 13.2 Å². The van der Waals surface area contributed by atoms with Crippen LogP contribution in [0.25, 0.3) is 0 Å². The van der Waals surface area contributed by atoms with Crippen molar-refractivity contribution in [1.29, 1.82) is 0 Å². The highest BCUT2D eigenvalue weighted by Crippen LogP contribution is 2.45. The summed E-state index contributed by atoms with van der Waals surface area (Å²) in [5.41, 5.74) is 1.39. The Labute approximate surface area is 176 Å². The van der Waals surface area contributed by atoms with Crippen molar-refractivity contribution in [2.75, 3.05) is 13.2 Å². The van der Waals surface area contributed by atoms with Crippen molar-refractivity contribution in [1.82, 2.24) is 0 Å². The predicted octanol–water partition coefficient (Wildman–Crippen LogP) is 8.28. The van der Waals surface area contributed by atoms with Gasteiger partial charge in [-0.1, -0.05) is 55.0 Å².